The van der Waals surface area contributed by atoms with Crippen molar-refractivity contribution in [3.63, 3.8) is 0 Å². The summed E-state index contributed by atoms with van der Waals surface area (Å²) in [5.74, 6) is -1.64. The average Bonchev–Trinajstić information content (AvgIpc) is 3.33. The van der Waals surface area contributed by atoms with Gasteiger partial charge in [0, 0.05) is 43.9 Å². The van der Waals surface area contributed by atoms with Crippen molar-refractivity contribution in [3.05, 3.63) is 72.8 Å². The number of nitro groups is 3. The number of imide groups is 2. The normalized spacial score (nSPS) is 15.2. The van der Waals surface area contributed by atoms with Crippen molar-refractivity contribution < 1.29 is 33.9 Å². The minimum absolute atomic E-state index is 0.0209. The van der Waals surface area contributed by atoms with Gasteiger partial charge < -0.3 is 0 Å². The third-order valence-electron chi connectivity index (χ3n) is 5.03. The second-order valence-corrected chi connectivity index (χ2v) is 7.21. The Hall–Kier alpha value is -5.08. The number of rotatable bonds is 5. The monoisotopic (exact) mass is 485 g/mol. The second kappa shape index (κ2) is 9.82. The first-order chi connectivity index (χ1) is 16.5. The number of carbonyl (C=O) groups is 4. The standard InChI is InChI=1S/C10H7N3O6.C10H8N2O4/c14-9-3-4-10(15)11(9)7-2-1-6(12(16)17)5-8(7)13(18)19;13-9-5-6-10(14)11(9)7-1-3-8(4-2-7)12(15)16/h1-2,5H,3-4H2;1-4H,5-6H2. The summed E-state index contributed by atoms with van der Waals surface area (Å²) in [5.41, 5.74) is -1.03. The number of hydrogen-bond acceptors (Lipinski definition) is 10. The number of nitrogens with zero attached hydrogens (tertiary/aromatic N) is 5. The average molecular weight is 485 g/mol. The third-order valence-corrected chi connectivity index (χ3v) is 5.03. The van der Waals surface area contributed by atoms with Crippen molar-refractivity contribution in [2.24, 2.45) is 0 Å². The van der Waals surface area contributed by atoms with Gasteiger partial charge in [-0.25, -0.2) is 4.90 Å². The van der Waals surface area contributed by atoms with Crippen molar-refractivity contribution in [1.29, 1.82) is 0 Å². The van der Waals surface area contributed by atoms with Crippen molar-refractivity contribution in [1.82, 2.24) is 0 Å². The Morgan fingerprint density at radius 2 is 1.00 bits per heavy atom. The van der Waals surface area contributed by atoms with Crippen LogP contribution in [0.5, 0.6) is 0 Å². The summed E-state index contributed by atoms with van der Waals surface area (Å²) in [6.45, 7) is 0. The molecule has 4 rings (SSSR count). The zero-order valence-electron chi connectivity index (χ0n) is 17.7. The van der Waals surface area contributed by atoms with E-state index in [1.165, 1.54) is 24.3 Å². The van der Waals surface area contributed by atoms with E-state index in [2.05, 4.69) is 0 Å². The van der Waals surface area contributed by atoms with Crippen molar-refractivity contribution in [2.75, 3.05) is 9.80 Å². The number of benzene rings is 2. The fourth-order valence-electron chi connectivity index (χ4n) is 3.39. The maximum atomic E-state index is 11.5. The van der Waals surface area contributed by atoms with Crippen LogP contribution in [0.2, 0.25) is 0 Å². The van der Waals surface area contributed by atoms with E-state index in [4.69, 9.17) is 0 Å². The summed E-state index contributed by atoms with van der Waals surface area (Å²) >= 11 is 0. The molecule has 2 saturated heterocycles. The Morgan fingerprint density at radius 1 is 0.571 bits per heavy atom. The second-order valence-electron chi connectivity index (χ2n) is 7.21. The molecule has 0 aliphatic carbocycles. The lowest BCUT2D eigenvalue weighted by Crippen LogP contribution is -2.29. The lowest BCUT2D eigenvalue weighted by atomic mass is 10.2. The van der Waals surface area contributed by atoms with Gasteiger partial charge in [0.15, 0.2) is 0 Å². The van der Waals surface area contributed by atoms with Crippen LogP contribution in [0.15, 0.2) is 42.5 Å². The van der Waals surface area contributed by atoms with Gasteiger partial charge in [-0.2, -0.15) is 0 Å². The van der Waals surface area contributed by atoms with E-state index in [0.717, 1.165) is 23.1 Å². The van der Waals surface area contributed by atoms with Gasteiger partial charge in [-0.3, -0.25) is 54.4 Å². The molecule has 2 heterocycles. The van der Waals surface area contributed by atoms with Crippen molar-refractivity contribution in [3.8, 4) is 0 Å². The summed E-state index contributed by atoms with van der Waals surface area (Å²) in [7, 11) is 0. The molecule has 0 atom stereocenters. The zero-order chi connectivity index (χ0) is 25.9. The molecule has 2 aromatic rings. The first kappa shape index (κ1) is 24.6. The van der Waals surface area contributed by atoms with E-state index in [0.29, 0.717) is 10.6 Å². The summed E-state index contributed by atoms with van der Waals surface area (Å²) in [5, 5.41) is 31.9. The summed E-state index contributed by atoms with van der Waals surface area (Å²) < 4.78 is 0. The highest BCUT2D eigenvalue weighted by Crippen LogP contribution is 2.34. The van der Waals surface area contributed by atoms with Gasteiger partial charge >= 0.3 is 0 Å². The number of non-ortho nitro benzene ring substituents is 2. The summed E-state index contributed by atoms with van der Waals surface area (Å²) in [6, 6.07) is 8.13. The van der Waals surface area contributed by atoms with Gasteiger partial charge in [-0.1, -0.05) is 0 Å². The Labute approximate surface area is 195 Å². The quantitative estimate of drug-likeness (QED) is 0.343. The zero-order valence-corrected chi connectivity index (χ0v) is 17.7. The van der Waals surface area contributed by atoms with Gasteiger partial charge in [0.1, 0.15) is 5.69 Å². The van der Waals surface area contributed by atoms with E-state index in [1.807, 2.05) is 0 Å². The maximum absolute atomic E-state index is 11.5. The number of nitro benzene ring substituents is 3. The molecule has 0 saturated carbocycles. The summed E-state index contributed by atoms with van der Waals surface area (Å²) in [4.78, 5) is 77.3. The van der Waals surface area contributed by atoms with Gasteiger partial charge in [-0.15, -0.1) is 0 Å². The van der Waals surface area contributed by atoms with E-state index in [-0.39, 0.29) is 48.9 Å². The minimum Gasteiger partial charge on any atom is -0.274 e. The van der Waals surface area contributed by atoms with Crippen molar-refractivity contribution in [2.45, 2.75) is 25.7 Å². The van der Waals surface area contributed by atoms with Crippen LogP contribution in [0.3, 0.4) is 0 Å². The van der Waals surface area contributed by atoms with Gasteiger partial charge in [0.2, 0.25) is 23.6 Å². The van der Waals surface area contributed by atoms with E-state index in [1.54, 1.807) is 0 Å². The van der Waals surface area contributed by atoms with Crippen LogP contribution in [0.1, 0.15) is 25.7 Å². The van der Waals surface area contributed by atoms with Crippen LogP contribution >= 0.6 is 0 Å². The lowest BCUT2D eigenvalue weighted by molar-refractivity contribution is -0.393. The van der Waals surface area contributed by atoms with Crippen LogP contribution in [0, 0.1) is 30.3 Å². The first-order valence-corrected chi connectivity index (χ1v) is 9.90. The highest BCUT2D eigenvalue weighted by Gasteiger charge is 2.35. The highest BCUT2D eigenvalue weighted by atomic mass is 16.6. The maximum Gasteiger partial charge on any atom is 0.300 e. The van der Waals surface area contributed by atoms with Crippen molar-refractivity contribution >= 4 is 52.1 Å². The Balaban J connectivity index is 0.000000198. The van der Waals surface area contributed by atoms with Crippen LogP contribution in [0.4, 0.5) is 28.4 Å². The minimum atomic E-state index is -0.860. The molecule has 15 heteroatoms. The molecule has 2 aliphatic rings. The fraction of sp³-hybridized carbons (Fsp3) is 0.200. The molecule has 0 N–H and O–H groups in total. The van der Waals surface area contributed by atoms with Crippen LogP contribution in [-0.4, -0.2) is 38.4 Å². The number of carbonyl (C=O) groups excluding carboxylic acids is 4. The molecule has 35 heavy (non-hydrogen) atoms. The van der Waals surface area contributed by atoms with Crippen LogP contribution in [-0.2, 0) is 19.2 Å². The number of hydrogen-bond donors (Lipinski definition) is 0. The van der Waals surface area contributed by atoms with E-state index >= 15 is 0 Å². The van der Waals surface area contributed by atoms with E-state index in [9.17, 15) is 49.5 Å². The number of anilines is 2. The molecule has 0 unspecified atom stereocenters. The predicted octanol–water partition coefficient (Wildman–Crippen LogP) is 2.40. The Morgan fingerprint density at radius 3 is 1.43 bits per heavy atom. The first-order valence-electron chi connectivity index (χ1n) is 9.90. The van der Waals surface area contributed by atoms with Crippen LogP contribution < -0.4 is 9.80 Å². The third kappa shape index (κ3) is 5.13. The van der Waals surface area contributed by atoms with Gasteiger partial charge in [0.05, 0.1) is 26.5 Å². The smallest absolute Gasteiger partial charge is 0.274 e. The molecule has 0 radical (unpaired) electrons. The van der Waals surface area contributed by atoms with Crippen LogP contribution in [0.25, 0.3) is 0 Å². The molecular formula is C20H15N5O10. The molecule has 2 aliphatic heterocycles. The summed E-state index contributed by atoms with van der Waals surface area (Å²) in [6.07, 6.45) is 0.367. The SMILES string of the molecule is O=C1CCC(=O)N1c1ccc([N+](=O)[O-])cc1.O=C1CCC(=O)N1c1ccc([N+](=O)[O-])cc1[N+](=O)[O-]. The molecule has 0 spiro atoms. The number of amides is 4. The molecular weight excluding hydrogens is 470 g/mol. The highest BCUT2D eigenvalue weighted by molar-refractivity contribution is 6.21. The molecule has 180 valence electrons. The van der Waals surface area contributed by atoms with Gasteiger partial charge in [-0.05, 0) is 18.2 Å². The molecule has 4 amide bonds. The molecule has 2 fully saturated rings. The fourth-order valence-corrected chi connectivity index (χ4v) is 3.39. The topological polar surface area (TPSA) is 204 Å². The predicted molar refractivity (Wildman–Crippen MR) is 116 cm³/mol. The molecule has 0 bridgehead atoms. The molecule has 2 aromatic carbocycles. The Kier molecular flexibility index (Phi) is 6.89. The lowest BCUT2D eigenvalue weighted by Gasteiger charge is -2.13. The Bertz CT molecular complexity index is 1240. The molecule has 0 aromatic heterocycles. The largest absolute Gasteiger partial charge is 0.300 e. The molecule has 15 nitrogen and oxygen atoms in total. The van der Waals surface area contributed by atoms with Gasteiger partial charge in [0.25, 0.3) is 17.1 Å². The van der Waals surface area contributed by atoms with E-state index < -0.39 is 38.0 Å².